The van der Waals surface area contributed by atoms with Crippen molar-refractivity contribution < 1.29 is 14.5 Å². The van der Waals surface area contributed by atoms with Crippen molar-refractivity contribution in [2.24, 2.45) is 0 Å². The Hall–Kier alpha value is -2.13. The van der Waals surface area contributed by atoms with Crippen molar-refractivity contribution in [3.05, 3.63) is 33.4 Å². The molecule has 0 saturated carbocycles. The third-order valence-electron chi connectivity index (χ3n) is 1.87. The Morgan fingerprint density at radius 3 is 2.62 bits per heavy atom. The molecule has 1 aromatic carbocycles. The molecule has 0 atom stereocenters. The smallest absolute Gasteiger partial charge is 0.329 e. The second kappa shape index (κ2) is 4.59. The maximum atomic E-state index is 11.0. The van der Waals surface area contributed by atoms with Crippen LogP contribution in [0.2, 0.25) is 0 Å². The van der Waals surface area contributed by atoms with E-state index in [9.17, 15) is 14.9 Å². The molecule has 0 heterocycles. The van der Waals surface area contributed by atoms with Gasteiger partial charge in [0.2, 0.25) is 0 Å². The van der Waals surface area contributed by atoms with Crippen LogP contribution in [0.4, 0.5) is 5.69 Å². The molecule has 0 saturated heterocycles. The normalized spacial score (nSPS) is 9.31. The van der Waals surface area contributed by atoms with Gasteiger partial charge in [-0.3, -0.25) is 14.9 Å². The quantitative estimate of drug-likeness (QED) is 0.457. The predicted octanol–water partition coefficient (Wildman–Crippen LogP) is 1.85. The van der Waals surface area contributed by atoms with E-state index in [-0.39, 0.29) is 11.3 Å². The topological polar surface area (TPSA) is 93.2 Å². The number of rotatable bonds is 3. The van der Waals surface area contributed by atoms with Crippen LogP contribution in [0, 0.1) is 21.4 Å². The van der Waals surface area contributed by atoms with Crippen LogP contribution in [0.25, 0.3) is 0 Å². The Morgan fingerprint density at radius 2 is 2.25 bits per heavy atom. The first-order valence-corrected chi connectivity index (χ1v) is 4.36. The summed E-state index contributed by atoms with van der Waals surface area (Å²) < 4.78 is 4.74. The second-order valence-corrected chi connectivity index (χ2v) is 3.02. The number of ether oxygens (including phenoxy) is 1. The van der Waals surface area contributed by atoms with Gasteiger partial charge in [0.05, 0.1) is 17.6 Å². The van der Waals surface area contributed by atoms with Gasteiger partial charge in [0, 0.05) is 0 Å². The van der Waals surface area contributed by atoms with E-state index in [0.717, 1.165) is 0 Å². The molecule has 0 unspecified atom stereocenters. The monoisotopic (exact) mass is 240 g/mol. The zero-order valence-corrected chi connectivity index (χ0v) is 8.82. The molecular formula is C9H5ClN2O4. The summed E-state index contributed by atoms with van der Waals surface area (Å²) in [4.78, 5) is 20.9. The number of hydrogen-bond acceptors (Lipinski definition) is 5. The lowest BCUT2D eigenvalue weighted by atomic mass is 10.1. The molecule has 0 fully saturated rings. The van der Waals surface area contributed by atoms with E-state index in [2.05, 4.69) is 0 Å². The number of hydrogen-bond donors (Lipinski definition) is 0. The summed E-state index contributed by atoms with van der Waals surface area (Å²) in [5.41, 5.74) is -1.17. The van der Waals surface area contributed by atoms with Gasteiger partial charge in [-0.2, -0.15) is 5.26 Å². The molecule has 82 valence electrons. The minimum atomic E-state index is -0.928. The lowest BCUT2D eigenvalue weighted by Gasteiger charge is -2.04. The molecule has 0 amide bonds. The molecule has 0 bridgehead atoms. The van der Waals surface area contributed by atoms with Crippen LogP contribution in [0.15, 0.2) is 12.1 Å². The van der Waals surface area contributed by atoms with E-state index in [0.29, 0.717) is 0 Å². The molecule has 0 radical (unpaired) electrons. The van der Waals surface area contributed by atoms with Crippen molar-refractivity contribution in [3.8, 4) is 11.8 Å². The highest BCUT2D eigenvalue weighted by Gasteiger charge is 2.26. The van der Waals surface area contributed by atoms with Crippen LogP contribution < -0.4 is 4.74 Å². The molecule has 7 heteroatoms. The number of nitro groups is 1. The number of halogens is 1. The van der Waals surface area contributed by atoms with Gasteiger partial charge < -0.3 is 4.74 Å². The summed E-state index contributed by atoms with van der Waals surface area (Å²) >= 11 is 5.21. The molecule has 6 nitrogen and oxygen atoms in total. The largest absolute Gasteiger partial charge is 0.490 e. The van der Waals surface area contributed by atoms with E-state index in [4.69, 9.17) is 21.6 Å². The fourth-order valence-corrected chi connectivity index (χ4v) is 1.35. The fourth-order valence-electron chi connectivity index (χ4n) is 1.19. The summed E-state index contributed by atoms with van der Waals surface area (Å²) in [6, 6.07) is 4.00. The Labute approximate surface area is 95.2 Å². The number of carbonyl (C=O) groups is 1. The first-order chi connectivity index (χ1) is 7.52. The Kier molecular flexibility index (Phi) is 3.43. The van der Waals surface area contributed by atoms with Crippen LogP contribution in [0.5, 0.6) is 5.75 Å². The number of benzene rings is 1. The van der Waals surface area contributed by atoms with E-state index in [1.807, 2.05) is 0 Å². The lowest BCUT2D eigenvalue weighted by Crippen LogP contribution is -2.02. The maximum absolute atomic E-state index is 11.0. The molecule has 1 aromatic rings. The van der Waals surface area contributed by atoms with Gasteiger partial charge in [0.25, 0.3) is 5.24 Å². The van der Waals surface area contributed by atoms with Gasteiger partial charge in [-0.1, -0.05) is 0 Å². The van der Waals surface area contributed by atoms with Crippen molar-refractivity contribution in [2.75, 3.05) is 7.11 Å². The third-order valence-corrected chi connectivity index (χ3v) is 2.07. The summed E-state index contributed by atoms with van der Waals surface area (Å²) in [5, 5.41) is 18.6. The standard InChI is InChI=1S/C9H5ClN2O4/c1-16-7-3-2-5(9(10)13)6(4-11)8(7)12(14)15/h2-3H,1H3. The minimum absolute atomic E-state index is 0.0942. The summed E-state index contributed by atoms with van der Waals surface area (Å²) in [6.45, 7) is 0. The van der Waals surface area contributed by atoms with E-state index >= 15 is 0 Å². The first-order valence-electron chi connectivity index (χ1n) is 3.98. The number of carbonyl (C=O) groups excluding carboxylic acids is 1. The van der Waals surface area contributed by atoms with Crippen LogP contribution in [0.3, 0.4) is 0 Å². The molecule has 0 aromatic heterocycles. The van der Waals surface area contributed by atoms with E-state index in [1.165, 1.54) is 19.2 Å². The molecule has 0 spiro atoms. The fraction of sp³-hybridized carbons (Fsp3) is 0.111. The van der Waals surface area contributed by atoms with E-state index < -0.39 is 21.4 Å². The molecule has 0 aliphatic rings. The van der Waals surface area contributed by atoms with Crippen LogP contribution in [-0.4, -0.2) is 17.3 Å². The molecule has 0 N–H and O–H groups in total. The molecular weight excluding hydrogens is 236 g/mol. The predicted molar refractivity (Wildman–Crippen MR) is 54.5 cm³/mol. The van der Waals surface area contributed by atoms with Gasteiger partial charge in [0.1, 0.15) is 11.6 Å². The molecule has 0 aliphatic carbocycles. The van der Waals surface area contributed by atoms with Crippen LogP contribution in [-0.2, 0) is 0 Å². The molecule has 1 rings (SSSR count). The zero-order chi connectivity index (χ0) is 12.3. The average molecular weight is 241 g/mol. The van der Waals surface area contributed by atoms with E-state index in [1.54, 1.807) is 6.07 Å². The Balaban J connectivity index is 3.64. The van der Waals surface area contributed by atoms with Gasteiger partial charge in [-0.15, -0.1) is 0 Å². The number of nitro benzene ring substituents is 1. The van der Waals surface area contributed by atoms with Gasteiger partial charge in [-0.25, -0.2) is 0 Å². The third kappa shape index (κ3) is 1.94. The highest BCUT2D eigenvalue weighted by molar-refractivity contribution is 6.68. The second-order valence-electron chi connectivity index (χ2n) is 2.68. The highest BCUT2D eigenvalue weighted by Crippen LogP contribution is 2.33. The van der Waals surface area contributed by atoms with Crippen molar-refractivity contribution in [1.82, 2.24) is 0 Å². The number of methoxy groups -OCH3 is 1. The van der Waals surface area contributed by atoms with Gasteiger partial charge >= 0.3 is 5.69 Å². The maximum Gasteiger partial charge on any atom is 0.329 e. The van der Waals surface area contributed by atoms with Crippen molar-refractivity contribution in [1.29, 1.82) is 5.26 Å². The highest BCUT2D eigenvalue weighted by atomic mass is 35.5. The van der Waals surface area contributed by atoms with Crippen molar-refractivity contribution in [2.45, 2.75) is 0 Å². The Bertz CT molecular complexity index is 507. The number of nitriles is 1. The zero-order valence-electron chi connectivity index (χ0n) is 8.06. The van der Waals surface area contributed by atoms with Crippen molar-refractivity contribution >= 4 is 22.5 Å². The summed E-state index contributed by atoms with van der Waals surface area (Å²) in [7, 11) is 1.23. The summed E-state index contributed by atoms with van der Waals surface area (Å²) in [5.74, 6) is -0.0942. The average Bonchev–Trinajstić information content (AvgIpc) is 2.26. The lowest BCUT2D eigenvalue weighted by molar-refractivity contribution is -0.386. The summed E-state index contributed by atoms with van der Waals surface area (Å²) in [6.07, 6.45) is 0. The van der Waals surface area contributed by atoms with Crippen LogP contribution in [0.1, 0.15) is 15.9 Å². The first kappa shape index (κ1) is 11.9. The molecule has 16 heavy (non-hydrogen) atoms. The SMILES string of the molecule is COc1ccc(C(=O)Cl)c(C#N)c1[N+](=O)[O-]. The van der Waals surface area contributed by atoms with Gasteiger partial charge in [-0.05, 0) is 23.7 Å². The Morgan fingerprint density at radius 1 is 1.62 bits per heavy atom. The number of nitrogens with zero attached hydrogens (tertiary/aromatic N) is 2. The molecule has 0 aliphatic heterocycles. The minimum Gasteiger partial charge on any atom is -0.490 e. The van der Waals surface area contributed by atoms with Gasteiger partial charge in [0.15, 0.2) is 5.75 Å². The van der Waals surface area contributed by atoms with Crippen molar-refractivity contribution in [3.63, 3.8) is 0 Å². The van der Waals surface area contributed by atoms with Crippen LogP contribution >= 0.6 is 11.6 Å².